The fraction of sp³-hybridized carbons (Fsp3) is 0.348. The SMILES string of the molecule is CN=C(NCCN1C(=O)c2ccccc2C1=O)NCC(C)COCc1ccccc1.I. The number of fused-ring (bicyclic) bond motifs is 1. The summed E-state index contributed by atoms with van der Waals surface area (Å²) >= 11 is 0. The number of amides is 2. The Balaban J connectivity index is 0.00000341. The summed E-state index contributed by atoms with van der Waals surface area (Å²) in [4.78, 5) is 30.2. The largest absolute Gasteiger partial charge is 0.376 e. The molecule has 0 fully saturated rings. The van der Waals surface area contributed by atoms with E-state index in [-0.39, 0.29) is 42.3 Å². The van der Waals surface area contributed by atoms with Gasteiger partial charge in [0.1, 0.15) is 0 Å². The molecular formula is C23H29IN4O3. The predicted molar refractivity (Wildman–Crippen MR) is 132 cm³/mol. The molecule has 0 aliphatic carbocycles. The number of carbonyl (C=O) groups excluding carboxylic acids is 2. The Morgan fingerprint density at radius 2 is 1.61 bits per heavy atom. The lowest BCUT2D eigenvalue weighted by Crippen LogP contribution is -2.44. The highest BCUT2D eigenvalue weighted by atomic mass is 127. The van der Waals surface area contributed by atoms with Gasteiger partial charge in [-0.15, -0.1) is 24.0 Å². The van der Waals surface area contributed by atoms with Crippen LogP contribution in [0.25, 0.3) is 0 Å². The van der Waals surface area contributed by atoms with E-state index in [9.17, 15) is 9.59 Å². The maximum atomic E-state index is 12.4. The molecule has 1 atom stereocenters. The lowest BCUT2D eigenvalue weighted by atomic mass is 10.1. The van der Waals surface area contributed by atoms with E-state index in [0.29, 0.717) is 49.3 Å². The Bertz CT molecular complexity index is 870. The second kappa shape index (κ2) is 12.4. The summed E-state index contributed by atoms with van der Waals surface area (Å²) in [5, 5.41) is 6.41. The van der Waals surface area contributed by atoms with Gasteiger partial charge >= 0.3 is 0 Å². The Hall–Kier alpha value is -2.46. The number of benzene rings is 2. The van der Waals surface area contributed by atoms with Crippen molar-refractivity contribution in [1.82, 2.24) is 15.5 Å². The first-order chi connectivity index (χ1) is 14.6. The van der Waals surface area contributed by atoms with Crippen LogP contribution in [0.1, 0.15) is 33.2 Å². The zero-order valence-electron chi connectivity index (χ0n) is 17.8. The molecule has 0 aromatic heterocycles. The maximum absolute atomic E-state index is 12.4. The normalized spacial score (nSPS) is 14.1. The van der Waals surface area contributed by atoms with Crippen molar-refractivity contribution >= 4 is 41.8 Å². The number of hydrogen-bond acceptors (Lipinski definition) is 4. The number of nitrogens with zero attached hydrogens (tertiary/aromatic N) is 2. The average molecular weight is 536 g/mol. The highest BCUT2D eigenvalue weighted by molar-refractivity contribution is 14.0. The van der Waals surface area contributed by atoms with Crippen LogP contribution in [-0.2, 0) is 11.3 Å². The lowest BCUT2D eigenvalue weighted by Gasteiger charge is -2.18. The number of carbonyl (C=O) groups is 2. The number of halogens is 1. The number of rotatable bonds is 9. The fourth-order valence-corrected chi connectivity index (χ4v) is 3.23. The highest BCUT2D eigenvalue weighted by Gasteiger charge is 2.34. The van der Waals surface area contributed by atoms with E-state index in [2.05, 4.69) is 22.5 Å². The average Bonchev–Trinajstić information content (AvgIpc) is 3.01. The van der Waals surface area contributed by atoms with Crippen molar-refractivity contribution in [2.24, 2.45) is 10.9 Å². The van der Waals surface area contributed by atoms with E-state index < -0.39 is 0 Å². The van der Waals surface area contributed by atoms with Gasteiger partial charge in [0.2, 0.25) is 0 Å². The van der Waals surface area contributed by atoms with Crippen molar-refractivity contribution in [1.29, 1.82) is 0 Å². The van der Waals surface area contributed by atoms with E-state index in [1.165, 1.54) is 4.90 Å². The third-order valence-electron chi connectivity index (χ3n) is 4.86. The number of hydrogen-bond donors (Lipinski definition) is 2. The zero-order valence-corrected chi connectivity index (χ0v) is 20.2. The lowest BCUT2D eigenvalue weighted by molar-refractivity contribution is 0.0657. The first-order valence-electron chi connectivity index (χ1n) is 10.1. The Morgan fingerprint density at radius 1 is 1.00 bits per heavy atom. The second-order valence-corrected chi connectivity index (χ2v) is 7.29. The molecule has 0 bridgehead atoms. The summed E-state index contributed by atoms with van der Waals surface area (Å²) < 4.78 is 5.77. The van der Waals surface area contributed by atoms with Gasteiger partial charge in [-0.3, -0.25) is 19.5 Å². The summed E-state index contributed by atoms with van der Waals surface area (Å²) in [5.74, 6) is 0.430. The fourth-order valence-electron chi connectivity index (χ4n) is 3.23. The highest BCUT2D eigenvalue weighted by Crippen LogP contribution is 2.21. The molecule has 1 heterocycles. The van der Waals surface area contributed by atoms with Gasteiger partial charge in [-0.05, 0) is 23.6 Å². The Labute approximate surface area is 200 Å². The van der Waals surface area contributed by atoms with Crippen molar-refractivity contribution in [2.75, 3.05) is 33.3 Å². The minimum absolute atomic E-state index is 0. The molecule has 1 aliphatic heterocycles. The molecule has 31 heavy (non-hydrogen) atoms. The Kier molecular flexibility index (Phi) is 9.93. The van der Waals surface area contributed by atoms with E-state index in [4.69, 9.17) is 4.74 Å². The summed E-state index contributed by atoms with van der Waals surface area (Å²) in [6.45, 7) is 4.73. The minimum atomic E-state index is -0.246. The van der Waals surface area contributed by atoms with E-state index in [1.807, 2.05) is 30.3 Å². The van der Waals surface area contributed by atoms with Crippen LogP contribution in [0, 0.1) is 5.92 Å². The maximum Gasteiger partial charge on any atom is 0.261 e. The van der Waals surface area contributed by atoms with Crippen LogP contribution in [-0.4, -0.2) is 56.0 Å². The van der Waals surface area contributed by atoms with Gasteiger partial charge in [-0.2, -0.15) is 0 Å². The molecule has 166 valence electrons. The van der Waals surface area contributed by atoms with Crippen LogP contribution < -0.4 is 10.6 Å². The number of ether oxygens (including phenoxy) is 1. The molecular weight excluding hydrogens is 507 g/mol. The summed E-state index contributed by atoms with van der Waals surface area (Å²) in [7, 11) is 1.69. The van der Waals surface area contributed by atoms with Crippen LogP contribution in [0.4, 0.5) is 0 Å². The molecule has 3 rings (SSSR count). The third-order valence-corrected chi connectivity index (χ3v) is 4.86. The first kappa shape index (κ1) is 24.8. The van der Waals surface area contributed by atoms with E-state index in [0.717, 1.165) is 5.56 Å². The smallest absolute Gasteiger partial charge is 0.261 e. The van der Waals surface area contributed by atoms with Crippen LogP contribution in [0.3, 0.4) is 0 Å². The number of guanidine groups is 1. The van der Waals surface area contributed by atoms with Crippen molar-refractivity contribution in [2.45, 2.75) is 13.5 Å². The zero-order chi connectivity index (χ0) is 21.3. The molecule has 1 unspecified atom stereocenters. The van der Waals surface area contributed by atoms with Crippen LogP contribution in [0.5, 0.6) is 0 Å². The molecule has 2 N–H and O–H groups in total. The molecule has 8 heteroatoms. The molecule has 1 aliphatic rings. The van der Waals surface area contributed by atoms with Crippen LogP contribution in [0.2, 0.25) is 0 Å². The van der Waals surface area contributed by atoms with Gasteiger partial charge in [0, 0.05) is 26.7 Å². The summed E-state index contributed by atoms with van der Waals surface area (Å²) in [6.07, 6.45) is 0. The summed E-state index contributed by atoms with van der Waals surface area (Å²) in [6, 6.07) is 17.0. The van der Waals surface area contributed by atoms with Gasteiger partial charge in [0.05, 0.1) is 24.3 Å². The molecule has 0 spiro atoms. The molecule has 2 amide bonds. The van der Waals surface area contributed by atoms with Gasteiger partial charge in [-0.25, -0.2) is 0 Å². The van der Waals surface area contributed by atoms with Gasteiger partial charge < -0.3 is 15.4 Å². The van der Waals surface area contributed by atoms with Gasteiger partial charge in [-0.1, -0.05) is 49.4 Å². The van der Waals surface area contributed by atoms with Crippen LogP contribution >= 0.6 is 24.0 Å². The van der Waals surface area contributed by atoms with Crippen LogP contribution in [0.15, 0.2) is 59.6 Å². The first-order valence-corrected chi connectivity index (χ1v) is 10.1. The predicted octanol–water partition coefficient (Wildman–Crippen LogP) is 2.92. The topological polar surface area (TPSA) is 83.0 Å². The number of aliphatic imine (C=N–C) groups is 1. The molecule has 7 nitrogen and oxygen atoms in total. The summed E-state index contributed by atoms with van der Waals surface area (Å²) in [5.41, 5.74) is 2.09. The van der Waals surface area contributed by atoms with Crippen molar-refractivity contribution in [3.63, 3.8) is 0 Å². The van der Waals surface area contributed by atoms with E-state index in [1.54, 1.807) is 31.3 Å². The molecule has 2 aromatic carbocycles. The quantitative estimate of drug-likeness (QED) is 0.223. The van der Waals surface area contributed by atoms with Gasteiger partial charge in [0.25, 0.3) is 11.8 Å². The molecule has 0 saturated heterocycles. The molecule has 0 saturated carbocycles. The van der Waals surface area contributed by atoms with Crippen molar-refractivity contribution in [3.8, 4) is 0 Å². The molecule has 2 aromatic rings. The standard InChI is InChI=1S/C23H28N4O3.HI/c1-17(15-30-16-18-8-4-3-5-9-18)14-26-23(24-2)25-12-13-27-21(28)19-10-6-7-11-20(19)22(27)29;/h3-11,17H,12-16H2,1-2H3,(H2,24,25,26);1H. The Morgan fingerprint density at radius 3 is 2.23 bits per heavy atom. The molecule has 0 radical (unpaired) electrons. The third kappa shape index (κ3) is 6.76. The van der Waals surface area contributed by atoms with E-state index >= 15 is 0 Å². The van der Waals surface area contributed by atoms with Crippen molar-refractivity contribution < 1.29 is 14.3 Å². The van der Waals surface area contributed by atoms with Gasteiger partial charge in [0.15, 0.2) is 5.96 Å². The van der Waals surface area contributed by atoms with Crippen molar-refractivity contribution in [3.05, 3.63) is 71.3 Å². The minimum Gasteiger partial charge on any atom is -0.376 e. The number of nitrogens with one attached hydrogen (secondary N) is 2. The number of imide groups is 1. The second-order valence-electron chi connectivity index (χ2n) is 7.29. The monoisotopic (exact) mass is 536 g/mol.